The first-order valence-electron chi connectivity index (χ1n) is 9.28. The van der Waals surface area contributed by atoms with Gasteiger partial charge in [0, 0.05) is 28.8 Å². The van der Waals surface area contributed by atoms with E-state index in [1.807, 2.05) is 0 Å². The number of hydrogen-bond donors (Lipinski definition) is 1. The molecule has 0 amide bonds. The van der Waals surface area contributed by atoms with Gasteiger partial charge in [-0.2, -0.15) is 0 Å². The van der Waals surface area contributed by atoms with Crippen molar-refractivity contribution in [2.45, 2.75) is 44.4 Å². The van der Waals surface area contributed by atoms with E-state index in [2.05, 4.69) is 4.72 Å². The van der Waals surface area contributed by atoms with Crippen molar-refractivity contribution in [3.05, 3.63) is 63.2 Å². The van der Waals surface area contributed by atoms with Crippen LogP contribution in [0.1, 0.15) is 42.3 Å². The number of hydrogen-bond acceptors (Lipinski definition) is 8. The maximum atomic E-state index is 12.4. The van der Waals surface area contributed by atoms with E-state index in [-0.39, 0.29) is 36.2 Å². The number of non-ortho nitro benzene ring substituents is 1. The molecule has 11 heteroatoms. The molecule has 0 aliphatic carbocycles. The predicted octanol–water partition coefficient (Wildman–Crippen LogP) is 2.90. The Kier molecular flexibility index (Phi) is 6.30. The van der Waals surface area contributed by atoms with Gasteiger partial charge in [0.25, 0.3) is 5.69 Å². The van der Waals surface area contributed by atoms with Crippen molar-refractivity contribution in [2.75, 3.05) is 6.79 Å². The molecule has 0 fully saturated rings. The van der Waals surface area contributed by atoms with E-state index in [4.69, 9.17) is 14.2 Å². The quantitative estimate of drug-likeness (QED) is 0.403. The Morgan fingerprint density at radius 2 is 1.90 bits per heavy atom. The SMILES string of the molecule is CC(C)(C)NS(=O)(=O)c1ccc(C(=O)OCc2cc([N+](=O)[O-])cc3c2OCOC3)cc1. The molecular weight excluding hydrogens is 428 g/mol. The zero-order valence-corrected chi connectivity index (χ0v) is 18.0. The molecule has 0 radical (unpaired) electrons. The second-order valence-electron chi connectivity index (χ2n) is 7.92. The topological polar surface area (TPSA) is 134 Å². The highest BCUT2D eigenvalue weighted by Gasteiger charge is 2.24. The molecule has 2 aromatic rings. The Balaban J connectivity index is 1.74. The van der Waals surface area contributed by atoms with Crippen LogP contribution >= 0.6 is 0 Å². The normalized spacial score (nSPS) is 13.8. The van der Waals surface area contributed by atoms with E-state index in [9.17, 15) is 23.3 Å². The van der Waals surface area contributed by atoms with Gasteiger partial charge >= 0.3 is 5.97 Å². The summed E-state index contributed by atoms with van der Waals surface area (Å²) >= 11 is 0. The van der Waals surface area contributed by atoms with Crippen LogP contribution < -0.4 is 9.46 Å². The largest absolute Gasteiger partial charge is 0.467 e. The molecule has 3 rings (SSSR count). The van der Waals surface area contributed by atoms with Crippen molar-refractivity contribution in [1.82, 2.24) is 4.72 Å². The fraction of sp³-hybridized carbons (Fsp3) is 0.350. The van der Waals surface area contributed by atoms with Crippen LogP contribution in [-0.4, -0.2) is 31.6 Å². The predicted molar refractivity (Wildman–Crippen MR) is 109 cm³/mol. The maximum Gasteiger partial charge on any atom is 0.338 e. The molecular formula is C20H22N2O8S. The highest BCUT2D eigenvalue weighted by molar-refractivity contribution is 7.89. The number of carbonyl (C=O) groups is 1. The summed E-state index contributed by atoms with van der Waals surface area (Å²) in [5.41, 5.74) is 0.154. The first-order valence-corrected chi connectivity index (χ1v) is 10.8. The summed E-state index contributed by atoms with van der Waals surface area (Å²) in [6.07, 6.45) is 0. The number of esters is 1. The van der Waals surface area contributed by atoms with Crippen molar-refractivity contribution in [3.8, 4) is 5.75 Å². The summed E-state index contributed by atoms with van der Waals surface area (Å²) in [7, 11) is -3.73. The molecule has 0 unspecified atom stereocenters. The average molecular weight is 450 g/mol. The van der Waals surface area contributed by atoms with E-state index in [0.717, 1.165) is 0 Å². The number of benzene rings is 2. The third-order valence-corrected chi connectivity index (χ3v) is 5.96. The Morgan fingerprint density at radius 3 is 2.52 bits per heavy atom. The van der Waals surface area contributed by atoms with Crippen LogP contribution in [0.25, 0.3) is 0 Å². The molecule has 1 aliphatic rings. The third kappa shape index (κ3) is 5.57. The zero-order chi connectivity index (χ0) is 22.8. The fourth-order valence-corrected chi connectivity index (χ4v) is 4.37. The lowest BCUT2D eigenvalue weighted by atomic mass is 10.1. The molecule has 1 heterocycles. The molecule has 0 bridgehead atoms. The molecule has 31 heavy (non-hydrogen) atoms. The second-order valence-corrected chi connectivity index (χ2v) is 9.60. The Morgan fingerprint density at radius 1 is 1.23 bits per heavy atom. The summed E-state index contributed by atoms with van der Waals surface area (Å²) in [5, 5.41) is 11.2. The fourth-order valence-electron chi connectivity index (χ4n) is 2.95. The number of ether oxygens (including phenoxy) is 3. The highest BCUT2D eigenvalue weighted by Crippen LogP contribution is 2.33. The van der Waals surface area contributed by atoms with Crippen LogP contribution in [0.15, 0.2) is 41.3 Å². The Labute approximate surface area is 179 Å². The summed E-state index contributed by atoms with van der Waals surface area (Å²) in [5.74, 6) is -0.320. The number of fused-ring (bicyclic) bond motifs is 1. The van der Waals surface area contributed by atoms with Crippen LogP contribution in [0.3, 0.4) is 0 Å². The Hall–Kier alpha value is -3.02. The van der Waals surface area contributed by atoms with E-state index in [1.54, 1.807) is 20.8 Å². The van der Waals surface area contributed by atoms with Crippen LogP contribution in [0.5, 0.6) is 5.75 Å². The minimum Gasteiger partial charge on any atom is -0.467 e. The van der Waals surface area contributed by atoms with Crippen LogP contribution in [0.2, 0.25) is 0 Å². The van der Waals surface area contributed by atoms with Gasteiger partial charge < -0.3 is 14.2 Å². The van der Waals surface area contributed by atoms with Crippen LogP contribution in [-0.2, 0) is 32.7 Å². The van der Waals surface area contributed by atoms with Crippen molar-refractivity contribution in [2.24, 2.45) is 0 Å². The van der Waals surface area contributed by atoms with Crippen LogP contribution in [0.4, 0.5) is 5.69 Å². The van der Waals surface area contributed by atoms with Gasteiger partial charge in [-0.25, -0.2) is 17.9 Å². The third-order valence-electron chi connectivity index (χ3n) is 4.18. The zero-order valence-electron chi connectivity index (χ0n) is 17.2. The molecule has 0 saturated heterocycles. The number of carbonyl (C=O) groups excluding carboxylic acids is 1. The summed E-state index contributed by atoms with van der Waals surface area (Å²) in [6.45, 7) is 5.05. The van der Waals surface area contributed by atoms with E-state index < -0.39 is 26.5 Å². The smallest absolute Gasteiger partial charge is 0.338 e. The lowest BCUT2D eigenvalue weighted by Gasteiger charge is -2.20. The number of sulfonamides is 1. The van der Waals surface area contributed by atoms with Gasteiger partial charge in [0.05, 0.1) is 22.0 Å². The molecule has 0 saturated carbocycles. The molecule has 1 N–H and O–H groups in total. The molecule has 1 aliphatic heterocycles. The standard InChI is InChI=1S/C20H22N2O8S/c1-20(2,3)21-31(26,27)17-6-4-13(5-7-17)19(23)29-11-15-9-16(22(24)25)8-14-10-28-12-30-18(14)15/h4-9,21H,10-12H2,1-3H3. The van der Waals surface area contributed by atoms with Gasteiger partial charge in [0.1, 0.15) is 12.4 Å². The van der Waals surface area contributed by atoms with Gasteiger partial charge in [0.15, 0.2) is 6.79 Å². The van der Waals surface area contributed by atoms with E-state index >= 15 is 0 Å². The molecule has 10 nitrogen and oxygen atoms in total. The number of nitrogens with zero attached hydrogens (tertiary/aromatic N) is 1. The average Bonchev–Trinajstić information content (AvgIpc) is 2.69. The lowest BCUT2D eigenvalue weighted by Crippen LogP contribution is -2.40. The van der Waals surface area contributed by atoms with E-state index in [1.165, 1.54) is 36.4 Å². The van der Waals surface area contributed by atoms with Crippen molar-refractivity contribution < 1.29 is 32.3 Å². The summed E-state index contributed by atoms with van der Waals surface area (Å²) in [6, 6.07) is 7.93. The lowest BCUT2D eigenvalue weighted by molar-refractivity contribution is -0.385. The molecule has 166 valence electrons. The second kappa shape index (κ2) is 8.61. The number of nitro groups is 1. The van der Waals surface area contributed by atoms with E-state index in [0.29, 0.717) is 16.9 Å². The summed E-state index contributed by atoms with van der Waals surface area (Å²) < 4.78 is 43.1. The Bertz CT molecular complexity index is 1110. The van der Waals surface area contributed by atoms with Crippen LogP contribution in [0, 0.1) is 10.1 Å². The molecule has 0 aromatic heterocycles. The van der Waals surface area contributed by atoms with Crippen molar-refractivity contribution >= 4 is 21.7 Å². The molecule has 0 atom stereocenters. The maximum absolute atomic E-state index is 12.4. The van der Waals surface area contributed by atoms with Gasteiger partial charge in [-0.15, -0.1) is 0 Å². The first kappa shape index (κ1) is 22.7. The van der Waals surface area contributed by atoms with Gasteiger partial charge in [-0.3, -0.25) is 10.1 Å². The van der Waals surface area contributed by atoms with Gasteiger partial charge in [0.2, 0.25) is 10.0 Å². The monoisotopic (exact) mass is 450 g/mol. The van der Waals surface area contributed by atoms with Gasteiger partial charge in [-0.05, 0) is 45.0 Å². The van der Waals surface area contributed by atoms with Crippen molar-refractivity contribution in [1.29, 1.82) is 0 Å². The number of rotatable bonds is 6. The van der Waals surface area contributed by atoms with Gasteiger partial charge in [-0.1, -0.05) is 0 Å². The number of nitrogens with one attached hydrogen (secondary N) is 1. The van der Waals surface area contributed by atoms with Crippen molar-refractivity contribution in [3.63, 3.8) is 0 Å². The highest BCUT2D eigenvalue weighted by atomic mass is 32.2. The minimum atomic E-state index is -3.73. The summed E-state index contributed by atoms with van der Waals surface area (Å²) in [4.78, 5) is 23.0. The first-order chi connectivity index (χ1) is 14.5. The minimum absolute atomic E-state index is 0.00963. The molecule has 2 aromatic carbocycles. The number of nitro benzene ring substituents is 1. The molecule has 0 spiro atoms.